The number of benzene rings is 1. The number of nitrogens with one attached hydrogen (secondary N) is 1. The number of hydrogen-bond donors (Lipinski definition) is 2. The summed E-state index contributed by atoms with van der Waals surface area (Å²) < 4.78 is 5.55. The molecule has 1 aromatic heterocycles. The summed E-state index contributed by atoms with van der Waals surface area (Å²) in [4.78, 5) is 12.1. The van der Waals surface area contributed by atoms with Gasteiger partial charge < -0.3 is 15.5 Å². The van der Waals surface area contributed by atoms with Gasteiger partial charge in [-0.1, -0.05) is 44.2 Å². The van der Waals surface area contributed by atoms with E-state index in [0.29, 0.717) is 11.1 Å². The Morgan fingerprint density at radius 3 is 2.83 bits per heavy atom. The number of carbonyl (C=O) groups is 1. The van der Waals surface area contributed by atoms with E-state index in [1.165, 1.54) is 11.8 Å². The molecule has 0 spiro atoms. The van der Waals surface area contributed by atoms with Crippen molar-refractivity contribution in [1.29, 1.82) is 0 Å². The van der Waals surface area contributed by atoms with E-state index in [-0.39, 0.29) is 23.6 Å². The quantitative estimate of drug-likeness (QED) is 0.744. The van der Waals surface area contributed by atoms with Crippen LogP contribution in [-0.2, 0) is 4.79 Å². The Kier molecular flexibility index (Phi) is 6.39. The number of hydrogen-bond acceptors (Lipinski definition) is 6. The molecular formula is C17H24N4O2S. The zero-order valence-electron chi connectivity index (χ0n) is 14.5. The highest BCUT2D eigenvalue weighted by atomic mass is 32.2. The van der Waals surface area contributed by atoms with E-state index >= 15 is 0 Å². The lowest BCUT2D eigenvalue weighted by Crippen LogP contribution is -2.18. The third kappa shape index (κ3) is 4.82. The summed E-state index contributed by atoms with van der Waals surface area (Å²) in [5.74, 6) is 0.769. The maximum atomic E-state index is 12.1. The van der Waals surface area contributed by atoms with Crippen LogP contribution >= 0.6 is 11.8 Å². The molecule has 0 radical (unpaired) electrons. The minimum atomic E-state index is -0.277. The van der Waals surface area contributed by atoms with Crippen LogP contribution in [0.2, 0.25) is 0 Å². The first-order chi connectivity index (χ1) is 11.4. The Morgan fingerprint density at radius 1 is 1.38 bits per heavy atom. The highest BCUT2D eigenvalue weighted by Crippen LogP contribution is 2.24. The number of amides is 1. The number of carbonyl (C=O) groups excluding carboxylic acids is 1. The van der Waals surface area contributed by atoms with Crippen LogP contribution in [-0.4, -0.2) is 21.9 Å². The summed E-state index contributed by atoms with van der Waals surface area (Å²) in [6.07, 6.45) is 0.935. The summed E-state index contributed by atoms with van der Waals surface area (Å²) in [6.45, 7) is 8.06. The molecule has 0 fully saturated rings. The average Bonchev–Trinajstić information content (AvgIpc) is 3.04. The summed E-state index contributed by atoms with van der Waals surface area (Å²) in [5.41, 5.74) is 9.02. The predicted molar refractivity (Wildman–Crippen MR) is 96.0 cm³/mol. The number of anilines is 1. The van der Waals surface area contributed by atoms with Gasteiger partial charge in [0, 0.05) is 5.69 Å². The van der Waals surface area contributed by atoms with E-state index in [0.717, 1.165) is 23.2 Å². The van der Waals surface area contributed by atoms with Crippen LogP contribution in [0.4, 0.5) is 5.69 Å². The van der Waals surface area contributed by atoms with Gasteiger partial charge in [0.05, 0.1) is 11.8 Å². The number of aryl methyl sites for hydroxylation is 2. The van der Waals surface area contributed by atoms with Crippen molar-refractivity contribution in [3.8, 4) is 0 Å². The van der Waals surface area contributed by atoms with Gasteiger partial charge in [-0.25, -0.2) is 0 Å². The minimum Gasteiger partial charge on any atom is -0.414 e. The Morgan fingerprint density at radius 2 is 2.12 bits per heavy atom. The van der Waals surface area contributed by atoms with Gasteiger partial charge in [0.2, 0.25) is 11.8 Å². The molecule has 130 valence electrons. The van der Waals surface area contributed by atoms with Crippen molar-refractivity contribution in [2.45, 2.75) is 45.4 Å². The molecule has 3 N–H and O–H groups in total. The lowest BCUT2D eigenvalue weighted by molar-refractivity contribution is -0.113. The van der Waals surface area contributed by atoms with E-state index in [1.807, 2.05) is 39.0 Å². The zero-order chi connectivity index (χ0) is 17.7. The molecule has 2 rings (SSSR count). The van der Waals surface area contributed by atoms with Crippen molar-refractivity contribution in [1.82, 2.24) is 10.2 Å². The molecule has 0 aliphatic carbocycles. The smallest absolute Gasteiger partial charge is 0.277 e. The molecule has 0 saturated heterocycles. The van der Waals surface area contributed by atoms with Crippen LogP contribution in [0, 0.1) is 19.8 Å². The van der Waals surface area contributed by atoms with Crippen LogP contribution in [0.1, 0.15) is 43.3 Å². The molecule has 0 bridgehead atoms. The van der Waals surface area contributed by atoms with Gasteiger partial charge in [-0.15, -0.1) is 10.2 Å². The van der Waals surface area contributed by atoms with Gasteiger partial charge in [-0.2, -0.15) is 0 Å². The molecule has 24 heavy (non-hydrogen) atoms. The van der Waals surface area contributed by atoms with Crippen molar-refractivity contribution < 1.29 is 9.21 Å². The van der Waals surface area contributed by atoms with Crippen molar-refractivity contribution in [3.63, 3.8) is 0 Å². The van der Waals surface area contributed by atoms with Gasteiger partial charge in [0.1, 0.15) is 0 Å². The van der Waals surface area contributed by atoms with Gasteiger partial charge in [-0.05, 0) is 37.0 Å². The second-order valence-electron chi connectivity index (χ2n) is 5.97. The van der Waals surface area contributed by atoms with Crippen molar-refractivity contribution in [3.05, 3.63) is 35.2 Å². The molecule has 2 atom stereocenters. The number of rotatable bonds is 7. The van der Waals surface area contributed by atoms with E-state index in [1.54, 1.807) is 0 Å². The van der Waals surface area contributed by atoms with Crippen LogP contribution in [0.3, 0.4) is 0 Å². The molecule has 2 aromatic rings. The highest BCUT2D eigenvalue weighted by Gasteiger charge is 2.20. The zero-order valence-corrected chi connectivity index (χ0v) is 15.3. The Labute approximate surface area is 146 Å². The largest absolute Gasteiger partial charge is 0.414 e. The van der Waals surface area contributed by atoms with Crippen molar-refractivity contribution in [2.75, 3.05) is 11.1 Å². The van der Waals surface area contributed by atoms with Crippen LogP contribution in [0.15, 0.2) is 27.8 Å². The summed E-state index contributed by atoms with van der Waals surface area (Å²) in [6, 6.07) is 5.67. The van der Waals surface area contributed by atoms with Gasteiger partial charge >= 0.3 is 0 Å². The molecule has 1 aromatic carbocycles. The van der Waals surface area contributed by atoms with Crippen LogP contribution < -0.4 is 11.1 Å². The fourth-order valence-electron chi connectivity index (χ4n) is 2.09. The lowest BCUT2D eigenvalue weighted by atomic mass is 10.0. The average molecular weight is 348 g/mol. The molecule has 0 aliphatic rings. The fraction of sp³-hybridized carbons (Fsp3) is 0.471. The lowest BCUT2D eigenvalue weighted by Gasteiger charge is -2.13. The normalized spacial score (nSPS) is 13.5. The van der Waals surface area contributed by atoms with Gasteiger partial charge in [0.25, 0.3) is 5.22 Å². The first-order valence-electron chi connectivity index (χ1n) is 7.99. The van der Waals surface area contributed by atoms with E-state index in [9.17, 15) is 4.79 Å². The SMILES string of the molecule is CCC(C)C(N)c1nnc(SCC(=O)Nc2cc(C)ccc2C)o1. The second-order valence-corrected chi connectivity index (χ2v) is 6.90. The van der Waals surface area contributed by atoms with Crippen LogP contribution in [0.5, 0.6) is 0 Å². The molecule has 0 aliphatic heterocycles. The Balaban J connectivity index is 1.90. The molecule has 1 amide bonds. The summed E-state index contributed by atoms with van der Waals surface area (Å²) >= 11 is 1.21. The third-order valence-corrected chi connectivity index (χ3v) is 4.78. The standard InChI is InChI=1S/C17H24N4O2S/c1-5-11(3)15(18)16-20-21-17(23-16)24-9-14(22)19-13-8-10(2)6-7-12(13)4/h6-8,11,15H,5,9,18H2,1-4H3,(H,19,22). The van der Waals surface area contributed by atoms with Crippen LogP contribution in [0.25, 0.3) is 0 Å². The topological polar surface area (TPSA) is 94.0 Å². The highest BCUT2D eigenvalue weighted by molar-refractivity contribution is 7.99. The van der Waals surface area contributed by atoms with Crippen molar-refractivity contribution >= 4 is 23.4 Å². The maximum absolute atomic E-state index is 12.1. The molecule has 0 saturated carbocycles. The minimum absolute atomic E-state index is 0.111. The second kappa shape index (κ2) is 8.30. The fourth-order valence-corrected chi connectivity index (χ4v) is 2.66. The number of nitrogens with zero attached hydrogens (tertiary/aromatic N) is 2. The number of aromatic nitrogens is 2. The first-order valence-corrected chi connectivity index (χ1v) is 8.98. The monoisotopic (exact) mass is 348 g/mol. The van der Waals surface area contributed by atoms with Gasteiger partial charge in [-0.3, -0.25) is 4.79 Å². The van der Waals surface area contributed by atoms with Crippen molar-refractivity contribution in [2.24, 2.45) is 11.7 Å². The summed E-state index contributed by atoms with van der Waals surface area (Å²) in [7, 11) is 0. The molecular weight excluding hydrogens is 324 g/mol. The van der Waals surface area contributed by atoms with Gasteiger partial charge in [0.15, 0.2) is 0 Å². The molecule has 7 heteroatoms. The molecule has 2 unspecified atom stereocenters. The first kappa shape index (κ1) is 18.5. The molecule has 1 heterocycles. The molecule has 6 nitrogen and oxygen atoms in total. The predicted octanol–water partition coefficient (Wildman–Crippen LogP) is 3.46. The maximum Gasteiger partial charge on any atom is 0.277 e. The van der Waals surface area contributed by atoms with E-state index < -0.39 is 0 Å². The Bertz CT molecular complexity index is 702. The van der Waals surface area contributed by atoms with E-state index in [2.05, 4.69) is 22.4 Å². The third-order valence-electron chi connectivity index (χ3n) is 3.96. The Hall–Kier alpha value is -1.86. The summed E-state index contributed by atoms with van der Waals surface area (Å²) in [5, 5.41) is 11.2. The number of thioether (sulfide) groups is 1. The number of nitrogens with two attached hydrogens (primary N) is 1. The van der Waals surface area contributed by atoms with E-state index in [4.69, 9.17) is 10.2 Å².